The van der Waals surface area contributed by atoms with Gasteiger partial charge in [-0.15, -0.1) is 0 Å². The first-order valence-electron chi connectivity index (χ1n) is 8.33. The van der Waals surface area contributed by atoms with E-state index in [1.165, 1.54) is 0 Å². The molecule has 1 aromatic carbocycles. The Morgan fingerprint density at radius 2 is 1.92 bits per heavy atom. The van der Waals surface area contributed by atoms with Crippen LogP contribution in [0.15, 0.2) is 24.3 Å². The Kier molecular flexibility index (Phi) is 4.92. The van der Waals surface area contributed by atoms with Crippen LogP contribution >= 0.6 is 0 Å². The van der Waals surface area contributed by atoms with Crippen LogP contribution in [0, 0.1) is 11.3 Å². The number of hydrogen-bond donors (Lipinski definition) is 1. The van der Waals surface area contributed by atoms with Crippen molar-refractivity contribution in [3.63, 3.8) is 0 Å². The highest BCUT2D eigenvalue weighted by molar-refractivity contribution is 5.89. The van der Waals surface area contributed by atoms with E-state index in [1.54, 1.807) is 12.0 Å². The number of carboxylic acids is 1. The lowest BCUT2D eigenvalue weighted by Crippen LogP contribution is -2.45. The molecule has 1 unspecified atom stereocenters. The molecule has 1 atom stereocenters. The van der Waals surface area contributed by atoms with Gasteiger partial charge in [-0.2, -0.15) is 0 Å². The fourth-order valence-corrected chi connectivity index (χ4v) is 3.57. The van der Waals surface area contributed by atoms with Crippen molar-refractivity contribution in [2.24, 2.45) is 11.3 Å². The van der Waals surface area contributed by atoms with E-state index in [9.17, 15) is 14.7 Å². The van der Waals surface area contributed by atoms with Crippen LogP contribution in [0.5, 0.6) is 5.75 Å². The largest absolute Gasteiger partial charge is 0.496 e. The van der Waals surface area contributed by atoms with E-state index in [2.05, 4.69) is 0 Å². The highest BCUT2D eigenvalue weighted by Crippen LogP contribution is 2.41. The Labute approximate surface area is 143 Å². The van der Waals surface area contributed by atoms with Gasteiger partial charge in [0.15, 0.2) is 0 Å². The van der Waals surface area contributed by atoms with Crippen molar-refractivity contribution in [2.75, 3.05) is 20.2 Å². The summed E-state index contributed by atoms with van der Waals surface area (Å²) in [7, 11) is 1.59. The number of carboxylic acid groups (broad SMARTS) is 1. The lowest BCUT2D eigenvalue weighted by atomic mass is 9.76. The number of nitrogens with zero attached hydrogens (tertiary/aromatic N) is 1. The van der Waals surface area contributed by atoms with E-state index >= 15 is 0 Å². The average molecular weight is 333 g/mol. The minimum atomic E-state index is -0.855. The summed E-state index contributed by atoms with van der Waals surface area (Å²) in [6.07, 6.45) is 0.494. The molecule has 1 aromatic rings. The molecule has 1 N–H and O–H groups in total. The highest BCUT2D eigenvalue weighted by atomic mass is 16.5. The van der Waals surface area contributed by atoms with Crippen molar-refractivity contribution in [1.82, 2.24) is 4.90 Å². The van der Waals surface area contributed by atoms with Crippen LogP contribution in [0.1, 0.15) is 39.7 Å². The van der Waals surface area contributed by atoms with Gasteiger partial charge < -0.3 is 14.7 Å². The number of hydrogen-bond acceptors (Lipinski definition) is 3. The maximum atomic E-state index is 13.1. The Balaban J connectivity index is 2.30. The summed E-state index contributed by atoms with van der Waals surface area (Å²) in [4.78, 5) is 26.6. The predicted molar refractivity (Wildman–Crippen MR) is 92.1 cm³/mol. The third-order valence-electron chi connectivity index (χ3n) is 5.43. The first kappa shape index (κ1) is 18.3. The molecular weight excluding hydrogens is 306 g/mol. The molecule has 1 saturated heterocycles. The van der Waals surface area contributed by atoms with Crippen LogP contribution in [-0.4, -0.2) is 42.1 Å². The molecule has 1 aliphatic heterocycles. The van der Waals surface area contributed by atoms with Crippen molar-refractivity contribution in [3.05, 3.63) is 29.8 Å². The van der Waals surface area contributed by atoms with Gasteiger partial charge in [-0.1, -0.05) is 32.0 Å². The molecule has 0 saturated carbocycles. The van der Waals surface area contributed by atoms with E-state index in [-0.39, 0.29) is 18.4 Å². The summed E-state index contributed by atoms with van der Waals surface area (Å²) >= 11 is 0. The SMILES string of the molecule is COc1ccccc1C(C)(C)C(=O)N1CCC(C(=O)O)(C(C)C)C1. The standard InChI is InChI=1S/C19H27NO4/c1-13(2)19(17(22)23)10-11-20(12-19)16(21)18(3,4)14-8-6-7-9-15(14)24-5/h6-9,13H,10-12H2,1-5H3,(H,22,23). The van der Waals surface area contributed by atoms with Crippen LogP contribution < -0.4 is 4.74 Å². The molecule has 24 heavy (non-hydrogen) atoms. The van der Waals surface area contributed by atoms with Crippen LogP contribution in [0.25, 0.3) is 0 Å². The number of likely N-dealkylation sites (tertiary alicyclic amines) is 1. The summed E-state index contributed by atoms with van der Waals surface area (Å²) < 4.78 is 5.40. The lowest BCUT2D eigenvalue weighted by Gasteiger charge is -2.33. The second kappa shape index (κ2) is 6.46. The second-order valence-corrected chi connectivity index (χ2v) is 7.42. The maximum absolute atomic E-state index is 13.1. The van der Waals surface area contributed by atoms with Gasteiger partial charge in [-0.25, -0.2) is 0 Å². The lowest BCUT2D eigenvalue weighted by molar-refractivity contribution is -0.151. The van der Waals surface area contributed by atoms with Crippen LogP contribution in [-0.2, 0) is 15.0 Å². The molecule has 1 amide bonds. The van der Waals surface area contributed by atoms with Gasteiger partial charge in [0, 0.05) is 18.7 Å². The summed E-state index contributed by atoms with van der Waals surface area (Å²) in [6, 6.07) is 7.48. The van der Waals surface area contributed by atoms with Crippen LogP contribution in [0.2, 0.25) is 0 Å². The quantitative estimate of drug-likeness (QED) is 0.900. The van der Waals surface area contributed by atoms with Gasteiger partial charge in [-0.05, 0) is 32.3 Å². The van der Waals surface area contributed by atoms with Gasteiger partial charge in [0.2, 0.25) is 5.91 Å². The average Bonchev–Trinajstić information content (AvgIpc) is 3.00. The first-order chi connectivity index (χ1) is 11.2. The zero-order valence-corrected chi connectivity index (χ0v) is 15.1. The number of amides is 1. The molecule has 0 radical (unpaired) electrons. The Morgan fingerprint density at radius 3 is 2.42 bits per heavy atom. The highest BCUT2D eigenvalue weighted by Gasteiger charge is 2.50. The number of methoxy groups -OCH3 is 1. The first-order valence-corrected chi connectivity index (χ1v) is 8.33. The normalized spacial score (nSPS) is 21.2. The number of para-hydroxylation sites is 1. The summed E-state index contributed by atoms with van der Waals surface area (Å²) in [6.45, 7) is 8.28. The fourth-order valence-electron chi connectivity index (χ4n) is 3.57. The molecule has 2 rings (SSSR count). The van der Waals surface area contributed by atoms with Crippen molar-refractivity contribution in [2.45, 2.75) is 39.5 Å². The van der Waals surface area contributed by atoms with Gasteiger partial charge in [-0.3, -0.25) is 9.59 Å². The van der Waals surface area contributed by atoms with E-state index in [0.717, 1.165) is 5.56 Å². The fraction of sp³-hybridized carbons (Fsp3) is 0.579. The van der Waals surface area contributed by atoms with Crippen LogP contribution in [0.3, 0.4) is 0 Å². The Morgan fingerprint density at radius 1 is 1.29 bits per heavy atom. The number of aliphatic carboxylic acids is 1. The number of rotatable bonds is 5. The topological polar surface area (TPSA) is 66.8 Å². The molecule has 0 spiro atoms. The zero-order valence-electron chi connectivity index (χ0n) is 15.1. The monoisotopic (exact) mass is 333 g/mol. The van der Waals surface area contributed by atoms with Gasteiger partial charge in [0.25, 0.3) is 0 Å². The van der Waals surface area contributed by atoms with E-state index in [0.29, 0.717) is 18.7 Å². The Hall–Kier alpha value is -2.04. The minimum absolute atomic E-state index is 0.0258. The van der Waals surface area contributed by atoms with Crippen molar-refractivity contribution in [3.8, 4) is 5.75 Å². The third kappa shape index (κ3) is 2.87. The predicted octanol–water partition coefficient (Wildman–Crippen LogP) is 2.93. The summed E-state index contributed by atoms with van der Waals surface area (Å²) in [5, 5.41) is 9.68. The molecule has 1 heterocycles. The maximum Gasteiger partial charge on any atom is 0.311 e. The van der Waals surface area contributed by atoms with Crippen molar-refractivity contribution >= 4 is 11.9 Å². The number of carbonyl (C=O) groups is 2. The molecule has 0 aromatic heterocycles. The van der Waals surface area contributed by atoms with Crippen molar-refractivity contribution < 1.29 is 19.4 Å². The van der Waals surface area contributed by atoms with E-state index < -0.39 is 16.8 Å². The molecule has 132 valence electrons. The molecule has 0 bridgehead atoms. The van der Waals surface area contributed by atoms with Crippen LogP contribution in [0.4, 0.5) is 0 Å². The number of ether oxygens (including phenoxy) is 1. The molecular formula is C19H27NO4. The molecule has 1 aliphatic rings. The number of benzene rings is 1. The smallest absolute Gasteiger partial charge is 0.311 e. The summed E-state index contributed by atoms with van der Waals surface area (Å²) in [5.41, 5.74) is -0.820. The van der Waals surface area contributed by atoms with Gasteiger partial charge in [0.1, 0.15) is 5.75 Å². The van der Waals surface area contributed by atoms with E-state index in [4.69, 9.17) is 4.74 Å². The zero-order chi connectivity index (χ0) is 18.1. The van der Waals surface area contributed by atoms with Gasteiger partial charge >= 0.3 is 5.97 Å². The molecule has 5 nitrogen and oxygen atoms in total. The molecule has 1 fully saturated rings. The number of carbonyl (C=O) groups excluding carboxylic acids is 1. The summed E-state index contributed by atoms with van der Waals surface area (Å²) in [5.74, 6) is -0.232. The molecule has 0 aliphatic carbocycles. The minimum Gasteiger partial charge on any atom is -0.496 e. The molecule has 5 heteroatoms. The van der Waals surface area contributed by atoms with Crippen molar-refractivity contribution in [1.29, 1.82) is 0 Å². The third-order valence-corrected chi connectivity index (χ3v) is 5.43. The van der Waals surface area contributed by atoms with E-state index in [1.807, 2.05) is 52.0 Å². The Bertz CT molecular complexity index is 638. The van der Waals surface area contributed by atoms with Gasteiger partial charge in [0.05, 0.1) is 17.9 Å². The second-order valence-electron chi connectivity index (χ2n) is 7.42.